The van der Waals surface area contributed by atoms with Crippen molar-refractivity contribution in [2.24, 2.45) is 0 Å². The topological polar surface area (TPSA) is 83.7 Å². The molecule has 0 spiro atoms. The number of fused-ring (bicyclic) bond motifs is 1. The minimum atomic E-state index is -0.557. The monoisotopic (exact) mass is 393 g/mol. The highest BCUT2D eigenvalue weighted by Crippen LogP contribution is 2.31. The molecule has 1 fully saturated rings. The van der Waals surface area contributed by atoms with Crippen LogP contribution in [0.1, 0.15) is 31.3 Å². The summed E-state index contributed by atoms with van der Waals surface area (Å²) in [4.78, 5) is 30.2. The standard InChI is InChI=1S/C19H24ClN3O4/c1-10-8-23(9-11(2)27-10)12(3)18(24)22-16-14-7-13(20)5-6-15(14)21-17(16)19(25)26-4/h5-7,10-12,21H,8-9H2,1-4H3,(H,22,24)/t10-,11+,12-/m1/s1. The molecule has 3 atom stereocenters. The van der Waals surface area contributed by atoms with E-state index in [1.807, 2.05) is 20.8 Å². The predicted octanol–water partition coefficient (Wildman–Crippen LogP) is 3.04. The highest BCUT2D eigenvalue weighted by molar-refractivity contribution is 6.31. The van der Waals surface area contributed by atoms with Crippen LogP contribution in [0.2, 0.25) is 5.02 Å². The quantitative estimate of drug-likeness (QED) is 0.780. The zero-order chi connectivity index (χ0) is 19.7. The maximum Gasteiger partial charge on any atom is 0.356 e. The smallest absolute Gasteiger partial charge is 0.356 e. The number of hydrogen-bond acceptors (Lipinski definition) is 5. The van der Waals surface area contributed by atoms with Crippen LogP contribution in [0.15, 0.2) is 18.2 Å². The Hall–Kier alpha value is -2.09. The fourth-order valence-electron chi connectivity index (χ4n) is 3.48. The molecule has 0 aliphatic carbocycles. The van der Waals surface area contributed by atoms with Gasteiger partial charge in [-0.2, -0.15) is 0 Å². The molecule has 2 heterocycles. The number of hydrogen-bond donors (Lipinski definition) is 2. The lowest BCUT2D eigenvalue weighted by Crippen LogP contribution is -2.52. The van der Waals surface area contributed by atoms with Gasteiger partial charge < -0.3 is 19.8 Å². The molecule has 146 valence electrons. The van der Waals surface area contributed by atoms with Gasteiger partial charge in [0.05, 0.1) is 31.0 Å². The summed E-state index contributed by atoms with van der Waals surface area (Å²) in [6.45, 7) is 7.17. The number of nitrogens with zero attached hydrogens (tertiary/aromatic N) is 1. The van der Waals surface area contributed by atoms with Crippen molar-refractivity contribution in [3.05, 3.63) is 28.9 Å². The average molecular weight is 394 g/mol. The molecule has 2 aromatic rings. The Kier molecular flexibility index (Phi) is 5.74. The van der Waals surface area contributed by atoms with Crippen LogP contribution in [0, 0.1) is 0 Å². The Morgan fingerprint density at radius 2 is 2.00 bits per heavy atom. The number of halogens is 1. The lowest BCUT2D eigenvalue weighted by molar-refractivity contribution is -0.126. The zero-order valence-corrected chi connectivity index (χ0v) is 16.6. The van der Waals surface area contributed by atoms with Crippen molar-refractivity contribution in [1.82, 2.24) is 9.88 Å². The Morgan fingerprint density at radius 3 is 2.63 bits per heavy atom. The van der Waals surface area contributed by atoms with Gasteiger partial charge in [0.15, 0.2) is 0 Å². The molecule has 0 bridgehead atoms. The van der Waals surface area contributed by atoms with Crippen LogP contribution in [0.25, 0.3) is 10.9 Å². The van der Waals surface area contributed by atoms with Gasteiger partial charge in [-0.1, -0.05) is 11.6 Å². The SMILES string of the molecule is COC(=O)c1[nH]c2ccc(Cl)cc2c1NC(=O)[C@@H](C)N1C[C@@H](C)O[C@@H](C)C1. The first-order valence-electron chi connectivity index (χ1n) is 8.90. The second kappa shape index (κ2) is 7.88. The first-order chi connectivity index (χ1) is 12.8. The second-order valence-corrected chi connectivity index (χ2v) is 7.37. The van der Waals surface area contributed by atoms with Gasteiger partial charge in [-0.05, 0) is 39.0 Å². The molecule has 3 rings (SSSR count). The van der Waals surface area contributed by atoms with E-state index in [1.54, 1.807) is 18.2 Å². The fourth-order valence-corrected chi connectivity index (χ4v) is 3.65. The van der Waals surface area contributed by atoms with Crippen molar-refractivity contribution < 1.29 is 19.1 Å². The molecule has 0 radical (unpaired) electrons. The van der Waals surface area contributed by atoms with Crippen LogP contribution in [-0.2, 0) is 14.3 Å². The molecule has 1 amide bonds. The zero-order valence-electron chi connectivity index (χ0n) is 15.8. The number of H-pyrrole nitrogens is 1. The first-order valence-corrected chi connectivity index (χ1v) is 9.27. The molecule has 1 aliphatic rings. The van der Waals surface area contributed by atoms with E-state index < -0.39 is 5.97 Å². The Labute approximate surface area is 162 Å². The molecule has 0 unspecified atom stereocenters. The van der Waals surface area contributed by atoms with Crippen LogP contribution < -0.4 is 5.32 Å². The van der Waals surface area contributed by atoms with E-state index in [9.17, 15) is 9.59 Å². The number of carbonyl (C=O) groups is 2. The van der Waals surface area contributed by atoms with Gasteiger partial charge >= 0.3 is 5.97 Å². The molecule has 27 heavy (non-hydrogen) atoms. The summed E-state index contributed by atoms with van der Waals surface area (Å²) in [5.74, 6) is -0.763. The lowest BCUT2D eigenvalue weighted by Gasteiger charge is -2.38. The number of aromatic nitrogens is 1. The number of ether oxygens (including phenoxy) is 2. The highest BCUT2D eigenvalue weighted by Gasteiger charge is 2.30. The van der Waals surface area contributed by atoms with Crippen LogP contribution in [0.3, 0.4) is 0 Å². The molecule has 8 heteroatoms. The van der Waals surface area contributed by atoms with E-state index in [2.05, 4.69) is 15.2 Å². The van der Waals surface area contributed by atoms with E-state index in [4.69, 9.17) is 21.1 Å². The summed E-state index contributed by atoms with van der Waals surface area (Å²) in [6, 6.07) is 4.80. The molecule has 2 N–H and O–H groups in total. The van der Waals surface area contributed by atoms with E-state index in [0.717, 1.165) is 0 Å². The van der Waals surface area contributed by atoms with E-state index in [-0.39, 0.29) is 29.9 Å². The summed E-state index contributed by atoms with van der Waals surface area (Å²) < 4.78 is 10.6. The van der Waals surface area contributed by atoms with E-state index in [1.165, 1.54) is 7.11 Å². The molecule has 1 aliphatic heterocycles. The molecular weight excluding hydrogens is 370 g/mol. The van der Waals surface area contributed by atoms with E-state index in [0.29, 0.717) is 34.7 Å². The third-order valence-electron chi connectivity index (χ3n) is 4.77. The summed E-state index contributed by atoms with van der Waals surface area (Å²) in [6.07, 6.45) is 0.114. The van der Waals surface area contributed by atoms with Crippen molar-refractivity contribution >= 4 is 40.1 Å². The summed E-state index contributed by atoms with van der Waals surface area (Å²) in [5.41, 5.74) is 1.26. The van der Waals surface area contributed by atoms with E-state index >= 15 is 0 Å². The number of amides is 1. The van der Waals surface area contributed by atoms with Crippen LogP contribution in [-0.4, -0.2) is 60.2 Å². The maximum absolute atomic E-state index is 12.9. The van der Waals surface area contributed by atoms with Gasteiger partial charge in [-0.3, -0.25) is 9.69 Å². The van der Waals surface area contributed by atoms with Crippen LogP contribution >= 0.6 is 11.6 Å². The van der Waals surface area contributed by atoms with Crippen molar-refractivity contribution in [2.75, 3.05) is 25.5 Å². The Bertz CT molecular complexity index is 856. The second-order valence-electron chi connectivity index (χ2n) is 6.93. The predicted molar refractivity (Wildman–Crippen MR) is 104 cm³/mol. The van der Waals surface area contributed by atoms with Gasteiger partial charge in [0.25, 0.3) is 0 Å². The number of rotatable bonds is 4. The largest absolute Gasteiger partial charge is 0.464 e. The number of anilines is 1. The van der Waals surface area contributed by atoms with Gasteiger partial charge in [0.2, 0.25) is 5.91 Å². The molecule has 1 aromatic heterocycles. The maximum atomic E-state index is 12.9. The number of aromatic amines is 1. The summed E-state index contributed by atoms with van der Waals surface area (Å²) in [7, 11) is 1.30. The van der Waals surface area contributed by atoms with Gasteiger partial charge in [-0.15, -0.1) is 0 Å². The number of carbonyl (C=O) groups excluding carboxylic acids is 2. The molecule has 7 nitrogen and oxygen atoms in total. The molecule has 1 aromatic carbocycles. The van der Waals surface area contributed by atoms with Crippen molar-refractivity contribution in [3.63, 3.8) is 0 Å². The Balaban J connectivity index is 1.89. The van der Waals surface area contributed by atoms with Crippen molar-refractivity contribution in [1.29, 1.82) is 0 Å². The third-order valence-corrected chi connectivity index (χ3v) is 5.01. The minimum Gasteiger partial charge on any atom is -0.464 e. The minimum absolute atomic E-state index is 0.0570. The van der Waals surface area contributed by atoms with Gasteiger partial charge in [0.1, 0.15) is 5.69 Å². The number of esters is 1. The first kappa shape index (κ1) is 19.7. The number of methoxy groups -OCH3 is 1. The van der Waals surface area contributed by atoms with Gasteiger partial charge in [0, 0.05) is 29.0 Å². The summed E-state index contributed by atoms with van der Waals surface area (Å²) in [5, 5.41) is 4.06. The van der Waals surface area contributed by atoms with Crippen molar-refractivity contribution in [2.45, 2.75) is 39.0 Å². The number of nitrogens with one attached hydrogen (secondary N) is 2. The highest BCUT2D eigenvalue weighted by atomic mass is 35.5. The fraction of sp³-hybridized carbons (Fsp3) is 0.474. The number of benzene rings is 1. The molecule has 1 saturated heterocycles. The lowest BCUT2D eigenvalue weighted by atomic mass is 10.1. The van der Waals surface area contributed by atoms with Gasteiger partial charge in [-0.25, -0.2) is 4.79 Å². The normalized spacial score (nSPS) is 21.8. The number of morpholine rings is 1. The molecule has 0 saturated carbocycles. The third kappa shape index (κ3) is 4.10. The molecular formula is C19H24ClN3O4. The van der Waals surface area contributed by atoms with Crippen molar-refractivity contribution in [3.8, 4) is 0 Å². The average Bonchev–Trinajstić information content (AvgIpc) is 2.97. The summed E-state index contributed by atoms with van der Waals surface area (Å²) >= 11 is 6.10. The Morgan fingerprint density at radius 1 is 1.33 bits per heavy atom. The van der Waals surface area contributed by atoms with Crippen LogP contribution in [0.4, 0.5) is 5.69 Å². The van der Waals surface area contributed by atoms with Crippen LogP contribution in [0.5, 0.6) is 0 Å².